The summed E-state index contributed by atoms with van der Waals surface area (Å²) in [7, 11) is 0. The topological polar surface area (TPSA) is 62.0 Å². The first-order chi connectivity index (χ1) is 6.24. The highest BCUT2D eigenvalue weighted by molar-refractivity contribution is 14.1. The minimum Gasteiger partial charge on any atom is -0.351 e. The Hall–Kier alpha value is -0.850. The monoisotopic (exact) mass is 292 g/mol. The number of H-pyrrole nitrogens is 1. The fourth-order valence-corrected chi connectivity index (χ4v) is 1.08. The van der Waals surface area contributed by atoms with Gasteiger partial charge in [-0.25, -0.2) is 0 Å². The van der Waals surface area contributed by atoms with Crippen LogP contribution in [-0.4, -0.2) is 21.9 Å². The lowest BCUT2D eigenvalue weighted by Crippen LogP contribution is -2.25. The van der Waals surface area contributed by atoms with Crippen LogP contribution in [0.25, 0.3) is 0 Å². The van der Waals surface area contributed by atoms with Crippen LogP contribution in [-0.2, 0) is 0 Å². The van der Waals surface area contributed by atoms with Crippen molar-refractivity contribution < 1.29 is 4.79 Å². The molecular weight excluding hydrogens is 283 g/mol. The maximum absolute atomic E-state index is 11.3. The van der Waals surface area contributed by atoms with Crippen molar-refractivity contribution in [2.24, 2.45) is 0 Å². The molecule has 1 rings (SSSR count). The van der Waals surface area contributed by atoms with Gasteiger partial charge in [-0.15, -0.1) is 0 Å². The predicted octanol–water partition coefficient (Wildman–Crippen LogP) is 0.540. The zero-order chi connectivity index (χ0) is 9.68. The summed E-state index contributed by atoms with van der Waals surface area (Å²) < 4.78 is 0.868. The fraction of sp³-hybridized carbons (Fsp3) is 0.250. The van der Waals surface area contributed by atoms with Crippen LogP contribution < -0.4 is 10.9 Å². The summed E-state index contributed by atoms with van der Waals surface area (Å²) in [6.45, 7) is 0.637. The zero-order valence-corrected chi connectivity index (χ0v) is 9.00. The van der Waals surface area contributed by atoms with Crippen molar-refractivity contribution in [2.45, 2.75) is 0 Å². The van der Waals surface area contributed by atoms with E-state index < -0.39 is 0 Å². The number of amides is 1. The van der Waals surface area contributed by atoms with Crippen molar-refractivity contribution in [1.29, 1.82) is 0 Å². The van der Waals surface area contributed by atoms with Gasteiger partial charge < -0.3 is 10.3 Å². The quantitative estimate of drug-likeness (QED) is 0.631. The van der Waals surface area contributed by atoms with Gasteiger partial charge in [0.2, 0.25) is 5.56 Å². The molecule has 0 saturated carbocycles. The number of carbonyl (C=O) groups is 1. The van der Waals surface area contributed by atoms with Crippen LogP contribution >= 0.6 is 22.6 Å². The molecule has 0 spiro atoms. The highest BCUT2D eigenvalue weighted by atomic mass is 127. The number of hydrogen-bond acceptors (Lipinski definition) is 2. The lowest BCUT2D eigenvalue weighted by Gasteiger charge is -2.01. The molecule has 0 fully saturated rings. The smallest absolute Gasteiger partial charge is 0.252 e. The highest BCUT2D eigenvalue weighted by Crippen LogP contribution is 1.92. The summed E-state index contributed by atoms with van der Waals surface area (Å²) in [5.74, 6) is -0.159. The second-order valence-corrected chi connectivity index (χ2v) is 3.47. The molecule has 0 aliphatic heterocycles. The minimum atomic E-state index is -0.203. The van der Waals surface area contributed by atoms with Crippen LogP contribution in [0.5, 0.6) is 0 Å². The molecule has 0 atom stereocenters. The molecule has 1 heterocycles. The van der Waals surface area contributed by atoms with Crippen LogP contribution in [0.15, 0.2) is 23.1 Å². The van der Waals surface area contributed by atoms with E-state index in [0.29, 0.717) is 12.1 Å². The Morgan fingerprint density at radius 3 is 2.85 bits per heavy atom. The van der Waals surface area contributed by atoms with Gasteiger partial charge in [0.1, 0.15) is 0 Å². The van der Waals surface area contributed by atoms with Gasteiger partial charge in [0.05, 0.1) is 5.56 Å². The lowest BCUT2D eigenvalue weighted by molar-refractivity contribution is 0.0956. The first kappa shape index (κ1) is 10.2. The summed E-state index contributed by atoms with van der Waals surface area (Å²) >= 11 is 2.17. The molecule has 1 amide bonds. The van der Waals surface area contributed by atoms with Gasteiger partial charge in [0.15, 0.2) is 0 Å². The minimum absolute atomic E-state index is 0.159. The molecule has 0 aliphatic rings. The Morgan fingerprint density at radius 1 is 1.54 bits per heavy atom. The van der Waals surface area contributed by atoms with E-state index in [2.05, 4.69) is 32.9 Å². The summed E-state index contributed by atoms with van der Waals surface area (Å²) in [4.78, 5) is 24.4. The molecule has 13 heavy (non-hydrogen) atoms. The molecule has 0 aromatic carbocycles. The molecule has 2 N–H and O–H groups in total. The number of halogens is 1. The number of pyridine rings is 1. The van der Waals surface area contributed by atoms with Crippen LogP contribution in [0.2, 0.25) is 0 Å². The maximum atomic E-state index is 11.3. The normalized spacial score (nSPS) is 9.62. The van der Waals surface area contributed by atoms with E-state index in [4.69, 9.17) is 0 Å². The van der Waals surface area contributed by atoms with Crippen molar-refractivity contribution in [3.63, 3.8) is 0 Å². The van der Waals surface area contributed by atoms with E-state index in [1.165, 1.54) is 18.3 Å². The van der Waals surface area contributed by atoms with Gasteiger partial charge in [0, 0.05) is 23.2 Å². The van der Waals surface area contributed by atoms with Gasteiger partial charge in [0.25, 0.3) is 5.91 Å². The lowest BCUT2D eigenvalue weighted by atomic mass is 10.3. The molecule has 70 valence electrons. The summed E-state index contributed by atoms with van der Waals surface area (Å²) in [5, 5.41) is 2.70. The van der Waals surface area contributed by atoms with Crippen molar-refractivity contribution in [1.82, 2.24) is 10.3 Å². The maximum Gasteiger partial charge on any atom is 0.252 e. The van der Waals surface area contributed by atoms with Crippen molar-refractivity contribution in [2.75, 3.05) is 11.0 Å². The molecular formula is C8H9IN2O2. The van der Waals surface area contributed by atoms with Crippen LogP contribution in [0, 0.1) is 0 Å². The number of nitrogens with one attached hydrogen (secondary N) is 2. The number of aromatic amines is 1. The third kappa shape index (κ3) is 3.17. The van der Waals surface area contributed by atoms with Crippen molar-refractivity contribution in [3.05, 3.63) is 34.2 Å². The van der Waals surface area contributed by atoms with Crippen molar-refractivity contribution >= 4 is 28.5 Å². The van der Waals surface area contributed by atoms with Gasteiger partial charge >= 0.3 is 0 Å². The Kier molecular flexibility index (Phi) is 3.94. The molecule has 1 aromatic rings. The largest absolute Gasteiger partial charge is 0.351 e. The van der Waals surface area contributed by atoms with E-state index in [0.717, 1.165) is 4.43 Å². The van der Waals surface area contributed by atoms with Gasteiger partial charge in [-0.1, -0.05) is 22.6 Å². The first-order valence-corrected chi connectivity index (χ1v) is 5.29. The van der Waals surface area contributed by atoms with Crippen LogP contribution in [0.1, 0.15) is 10.4 Å². The Bertz CT molecular complexity index is 328. The van der Waals surface area contributed by atoms with Crippen LogP contribution in [0.4, 0.5) is 0 Å². The molecule has 0 radical (unpaired) electrons. The van der Waals surface area contributed by atoms with E-state index in [-0.39, 0.29) is 11.5 Å². The summed E-state index contributed by atoms with van der Waals surface area (Å²) in [5.41, 5.74) is 0.273. The van der Waals surface area contributed by atoms with E-state index >= 15 is 0 Å². The second-order valence-electron chi connectivity index (χ2n) is 2.39. The average molecular weight is 292 g/mol. The van der Waals surface area contributed by atoms with Crippen molar-refractivity contribution in [3.8, 4) is 0 Å². The van der Waals surface area contributed by atoms with E-state index in [1.54, 1.807) is 0 Å². The molecule has 0 bridgehead atoms. The summed E-state index contributed by atoms with van der Waals surface area (Å²) in [6, 6.07) is 2.83. The Balaban J connectivity index is 2.66. The second kappa shape index (κ2) is 5.00. The van der Waals surface area contributed by atoms with Gasteiger partial charge in [-0.3, -0.25) is 9.59 Å². The number of rotatable bonds is 3. The number of alkyl halides is 1. The molecule has 0 unspecified atom stereocenters. The first-order valence-electron chi connectivity index (χ1n) is 3.77. The number of aromatic nitrogens is 1. The fourth-order valence-electron chi connectivity index (χ4n) is 0.815. The predicted molar refractivity (Wildman–Crippen MR) is 58.3 cm³/mol. The zero-order valence-electron chi connectivity index (χ0n) is 6.84. The third-order valence-electron chi connectivity index (χ3n) is 1.43. The Morgan fingerprint density at radius 2 is 2.31 bits per heavy atom. The average Bonchev–Trinajstić information content (AvgIpc) is 2.15. The third-order valence-corrected chi connectivity index (χ3v) is 1.97. The highest BCUT2D eigenvalue weighted by Gasteiger charge is 2.02. The van der Waals surface area contributed by atoms with Crippen LogP contribution in [0.3, 0.4) is 0 Å². The number of carbonyl (C=O) groups excluding carboxylic acids is 1. The Labute approximate surface area is 88.9 Å². The molecule has 0 aliphatic carbocycles. The molecule has 1 aromatic heterocycles. The van der Waals surface area contributed by atoms with Gasteiger partial charge in [-0.2, -0.15) is 0 Å². The standard InChI is InChI=1S/C8H9IN2O2/c9-3-4-10-8(13)6-1-2-7(12)11-5-6/h1-2,5H,3-4H2,(H,10,13)(H,11,12). The molecule has 5 heteroatoms. The SMILES string of the molecule is O=C(NCCI)c1ccc(=O)[nH]c1. The molecule has 0 saturated heterocycles. The van der Waals surface area contributed by atoms with Gasteiger partial charge in [-0.05, 0) is 6.07 Å². The van der Waals surface area contributed by atoms with E-state index in [1.807, 2.05) is 0 Å². The van der Waals surface area contributed by atoms with E-state index in [9.17, 15) is 9.59 Å². The number of hydrogen-bond donors (Lipinski definition) is 2. The summed E-state index contributed by atoms with van der Waals surface area (Å²) in [6.07, 6.45) is 1.41. The molecule has 4 nitrogen and oxygen atoms in total.